The molecule has 1 aromatic heterocycles. The second-order valence-corrected chi connectivity index (χ2v) is 7.20. The third-order valence-corrected chi connectivity index (χ3v) is 5.29. The summed E-state index contributed by atoms with van der Waals surface area (Å²) < 4.78 is 5.15. The van der Waals surface area contributed by atoms with Gasteiger partial charge in [-0.15, -0.1) is 0 Å². The van der Waals surface area contributed by atoms with Crippen LogP contribution >= 0.6 is 11.3 Å². The standard InChI is InChI=1S/C16H26N2O3S/c1-15(20,13-4-9-22-10-13)11-17-14(19)18-12-16(5-3-6-16)7-8-21-2/h4,9-10,20H,3,5-8,11-12H2,1-2H3,(H2,17,18,19). The molecule has 0 radical (unpaired) electrons. The summed E-state index contributed by atoms with van der Waals surface area (Å²) in [5.74, 6) is 0. The first-order chi connectivity index (χ1) is 10.5. The molecule has 2 rings (SSSR count). The second-order valence-electron chi connectivity index (χ2n) is 6.42. The Morgan fingerprint density at radius 3 is 2.82 bits per heavy atom. The molecular formula is C16H26N2O3S. The van der Waals surface area contributed by atoms with Crippen molar-refractivity contribution in [2.24, 2.45) is 5.41 Å². The monoisotopic (exact) mass is 326 g/mol. The predicted molar refractivity (Wildman–Crippen MR) is 88.1 cm³/mol. The SMILES string of the molecule is COCCC1(CNC(=O)NCC(C)(O)c2ccsc2)CCC1. The lowest BCUT2D eigenvalue weighted by Crippen LogP contribution is -2.48. The largest absolute Gasteiger partial charge is 0.385 e. The Balaban J connectivity index is 1.74. The van der Waals surface area contributed by atoms with Crippen LogP contribution in [0.25, 0.3) is 0 Å². The van der Waals surface area contributed by atoms with E-state index in [9.17, 15) is 9.90 Å². The molecule has 1 aliphatic rings. The van der Waals surface area contributed by atoms with Crippen molar-refractivity contribution in [1.29, 1.82) is 0 Å². The smallest absolute Gasteiger partial charge is 0.314 e. The van der Waals surface area contributed by atoms with E-state index in [1.807, 2.05) is 16.8 Å². The van der Waals surface area contributed by atoms with Crippen LogP contribution < -0.4 is 10.6 Å². The van der Waals surface area contributed by atoms with Gasteiger partial charge in [-0.1, -0.05) is 6.42 Å². The van der Waals surface area contributed by atoms with Gasteiger partial charge in [0.15, 0.2) is 0 Å². The van der Waals surface area contributed by atoms with Crippen molar-refractivity contribution in [3.63, 3.8) is 0 Å². The minimum absolute atomic E-state index is 0.195. The molecular weight excluding hydrogens is 300 g/mol. The van der Waals surface area contributed by atoms with Crippen LogP contribution in [-0.4, -0.2) is 37.9 Å². The summed E-state index contributed by atoms with van der Waals surface area (Å²) in [7, 11) is 1.71. The van der Waals surface area contributed by atoms with E-state index in [0.717, 1.165) is 31.4 Å². The normalized spacial score (nSPS) is 19.0. The molecule has 2 amide bonds. The van der Waals surface area contributed by atoms with Gasteiger partial charge >= 0.3 is 6.03 Å². The summed E-state index contributed by atoms with van der Waals surface area (Å²) in [4.78, 5) is 12.0. The Hall–Kier alpha value is -1.11. The van der Waals surface area contributed by atoms with Gasteiger partial charge in [0.05, 0.1) is 6.54 Å². The average Bonchev–Trinajstić information content (AvgIpc) is 2.99. The molecule has 0 aliphatic heterocycles. The molecule has 22 heavy (non-hydrogen) atoms. The fourth-order valence-corrected chi connectivity index (χ4v) is 3.55. The van der Waals surface area contributed by atoms with Crippen molar-refractivity contribution < 1.29 is 14.6 Å². The highest BCUT2D eigenvalue weighted by atomic mass is 32.1. The van der Waals surface area contributed by atoms with E-state index in [1.165, 1.54) is 17.8 Å². The molecule has 124 valence electrons. The van der Waals surface area contributed by atoms with E-state index in [1.54, 1.807) is 14.0 Å². The van der Waals surface area contributed by atoms with Crippen molar-refractivity contribution in [1.82, 2.24) is 10.6 Å². The van der Waals surface area contributed by atoms with E-state index < -0.39 is 5.60 Å². The number of aliphatic hydroxyl groups is 1. The van der Waals surface area contributed by atoms with Gasteiger partial charge in [-0.2, -0.15) is 11.3 Å². The van der Waals surface area contributed by atoms with Crippen LogP contribution in [0.3, 0.4) is 0 Å². The van der Waals surface area contributed by atoms with Crippen LogP contribution in [0.15, 0.2) is 16.8 Å². The summed E-state index contributed by atoms with van der Waals surface area (Å²) in [6, 6.07) is 1.65. The van der Waals surface area contributed by atoms with Gasteiger partial charge in [-0.25, -0.2) is 4.79 Å². The number of methoxy groups -OCH3 is 1. The molecule has 1 saturated carbocycles. The Bertz CT molecular complexity index is 470. The van der Waals surface area contributed by atoms with Gasteiger partial charge in [-0.05, 0) is 54.0 Å². The highest BCUT2D eigenvalue weighted by Crippen LogP contribution is 2.43. The number of thiophene rings is 1. The lowest BCUT2D eigenvalue weighted by molar-refractivity contribution is 0.0578. The van der Waals surface area contributed by atoms with Crippen LogP contribution in [0.2, 0.25) is 0 Å². The zero-order valence-electron chi connectivity index (χ0n) is 13.4. The van der Waals surface area contributed by atoms with Crippen LogP contribution in [0.1, 0.15) is 38.2 Å². The molecule has 1 aromatic rings. The molecule has 6 heteroatoms. The van der Waals surface area contributed by atoms with Crippen molar-refractivity contribution in [2.45, 2.75) is 38.2 Å². The van der Waals surface area contributed by atoms with E-state index in [-0.39, 0.29) is 18.0 Å². The highest BCUT2D eigenvalue weighted by molar-refractivity contribution is 7.08. The first-order valence-electron chi connectivity index (χ1n) is 7.73. The maximum absolute atomic E-state index is 12.0. The van der Waals surface area contributed by atoms with Crippen molar-refractivity contribution in [2.75, 3.05) is 26.8 Å². The lowest BCUT2D eigenvalue weighted by atomic mass is 9.67. The molecule has 5 nitrogen and oxygen atoms in total. The van der Waals surface area contributed by atoms with Crippen LogP contribution in [-0.2, 0) is 10.3 Å². The minimum Gasteiger partial charge on any atom is -0.385 e. The molecule has 0 aromatic carbocycles. The van der Waals surface area contributed by atoms with Gasteiger partial charge in [0.1, 0.15) is 5.60 Å². The number of hydrogen-bond acceptors (Lipinski definition) is 4. The summed E-state index contributed by atoms with van der Waals surface area (Å²) in [6.07, 6.45) is 4.49. The molecule has 1 aliphatic carbocycles. The van der Waals surface area contributed by atoms with E-state index in [0.29, 0.717) is 6.54 Å². The Morgan fingerprint density at radius 1 is 1.50 bits per heavy atom. The summed E-state index contributed by atoms with van der Waals surface area (Å²) in [6.45, 7) is 3.31. The quantitative estimate of drug-likeness (QED) is 0.687. The number of rotatable bonds is 8. The van der Waals surface area contributed by atoms with E-state index in [4.69, 9.17) is 4.74 Å². The van der Waals surface area contributed by atoms with Crippen molar-refractivity contribution >= 4 is 17.4 Å². The Kier molecular flexibility index (Phi) is 5.83. The maximum Gasteiger partial charge on any atom is 0.314 e. The van der Waals surface area contributed by atoms with Gasteiger partial charge in [0.2, 0.25) is 0 Å². The van der Waals surface area contributed by atoms with Crippen molar-refractivity contribution in [3.8, 4) is 0 Å². The fraction of sp³-hybridized carbons (Fsp3) is 0.688. The van der Waals surface area contributed by atoms with Gasteiger partial charge in [0, 0.05) is 20.3 Å². The third-order valence-electron chi connectivity index (χ3n) is 4.61. The maximum atomic E-state index is 12.0. The molecule has 3 N–H and O–H groups in total. The summed E-state index contributed by atoms with van der Waals surface area (Å²) >= 11 is 1.53. The second kappa shape index (κ2) is 7.44. The zero-order valence-corrected chi connectivity index (χ0v) is 14.2. The molecule has 1 heterocycles. The first-order valence-corrected chi connectivity index (χ1v) is 8.67. The van der Waals surface area contributed by atoms with Gasteiger partial charge in [-0.3, -0.25) is 0 Å². The summed E-state index contributed by atoms with van der Waals surface area (Å²) in [5.41, 5.74) is -0.0153. The Morgan fingerprint density at radius 2 is 2.27 bits per heavy atom. The number of carbonyl (C=O) groups is 1. The van der Waals surface area contributed by atoms with Gasteiger partial charge < -0.3 is 20.5 Å². The minimum atomic E-state index is -1.04. The molecule has 0 saturated heterocycles. The van der Waals surface area contributed by atoms with Crippen LogP contribution in [0.4, 0.5) is 4.79 Å². The van der Waals surface area contributed by atoms with Crippen molar-refractivity contribution in [3.05, 3.63) is 22.4 Å². The van der Waals surface area contributed by atoms with Crippen LogP contribution in [0.5, 0.6) is 0 Å². The molecule has 0 spiro atoms. The van der Waals surface area contributed by atoms with Crippen LogP contribution in [0, 0.1) is 5.41 Å². The molecule has 1 atom stereocenters. The number of hydrogen-bond donors (Lipinski definition) is 3. The number of ether oxygens (including phenoxy) is 1. The Labute approximate surface area is 136 Å². The zero-order chi connectivity index (χ0) is 16.1. The topological polar surface area (TPSA) is 70.6 Å². The lowest BCUT2D eigenvalue weighted by Gasteiger charge is -2.42. The van der Waals surface area contributed by atoms with E-state index in [2.05, 4.69) is 10.6 Å². The fourth-order valence-electron chi connectivity index (χ4n) is 2.77. The molecule has 1 unspecified atom stereocenters. The highest BCUT2D eigenvalue weighted by Gasteiger charge is 2.36. The summed E-state index contributed by atoms with van der Waals surface area (Å²) in [5, 5.41) is 19.9. The number of amides is 2. The van der Waals surface area contributed by atoms with Gasteiger partial charge in [0.25, 0.3) is 0 Å². The predicted octanol–water partition coefficient (Wildman–Crippen LogP) is 2.46. The number of carbonyl (C=O) groups excluding carboxylic acids is 1. The molecule has 0 bridgehead atoms. The molecule has 1 fully saturated rings. The number of urea groups is 1. The average molecular weight is 326 g/mol. The van der Waals surface area contributed by atoms with E-state index >= 15 is 0 Å². The number of nitrogens with one attached hydrogen (secondary N) is 2. The third kappa shape index (κ3) is 4.44. The first kappa shape index (κ1) is 17.2.